The van der Waals surface area contributed by atoms with Gasteiger partial charge in [0, 0.05) is 0 Å². The SMILES string of the molecule is CCOC(=O)Cn1ncnc1CCl. The van der Waals surface area contributed by atoms with E-state index in [1.165, 1.54) is 11.0 Å². The van der Waals surface area contributed by atoms with E-state index < -0.39 is 0 Å². The van der Waals surface area contributed by atoms with E-state index >= 15 is 0 Å². The van der Waals surface area contributed by atoms with Gasteiger partial charge in [-0.15, -0.1) is 11.6 Å². The van der Waals surface area contributed by atoms with E-state index in [-0.39, 0.29) is 18.4 Å². The molecule has 0 unspecified atom stereocenters. The molecule has 6 heteroatoms. The van der Waals surface area contributed by atoms with Crippen molar-refractivity contribution < 1.29 is 9.53 Å². The zero-order valence-corrected chi connectivity index (χ0v) is 7.99. The summed E-state index contributed by atoms with van der Waals surface area (Å²) in [4.78, 5) is 14.9. The summed E-state index contributed by atoms with van der Waals surface area (Å²) in [5.41, 5.74) is 0. The fraction of sp³-hybridized carbons (Fsp3) is 0.571. The Morgan fingerprint density at radius 1 is 1.77 bits per heavy atom. The van der Waals surface area contributed by atoms with Crippen LogP contribution in [0.2, 0.25) is 0 Å². The van der Waals surface area contributed by atoms with Crippen molar-refractivity contribution in [1.82, 2.24) is 14.8 Å². The van der Waals surface area contributed by atoms with Gasteiger partial charge in [-0.1, -0.05) is 0 Å². The molecule has 0 radical (unpaired) electrons. The van der Waals surface area contributed by atoms with Crippen molar-refractivity contribution in [2.75, 3.05) is 6.61 Å². The van der Waals surface area contributed by atoms with Gasteiger partial charge in [0.1, 0.15) is 18.7 Å². The molecule has 0 fully saturated rings. The Morgan fingerprint density at radius 2 is 2.54 bits per heavy atom. The third kappa shape index (κ3) is 2.69. The van der Waals surface area contributed by atoms with E-state index in [2.05, 4.69) is 10.1 Å². The molecule has 0 saturated heterocycles. The average Bonchev–Trinajstić information content (AvgIpc) is 2.52. The first kappa shape index (κ1) is 9.98. The highest BCUT2D eigenvalue weighted by molar-refractivity contribution is 6.16. The number of nitrogens with zero attached hydrogens (tertiary/aromatic N) is 3. The van der Waals surface area contributed by atoms with Crippen molar-refractivity contribution in [2.45, 2.75) is 19.3 Å². The second kappa shape index (κ2) is 4.81. The molecule has 0 saturated carbocycles. The molecule has 0 aliphatic rings. The third-order valence-corrected chi connectivity index (χ3v) is 1.64. The molecule has 0 spiro atoms. The number of carbonyl (C=O) groups excluding carboxylic acids is 1. The van der Waals surface area contributed by atoms with Gasteiger partial charge in [-0.3, -0.25) is 4.79 Å². The Morgan fingerprint density at radius 3 is 3.15 bits per heavy atom. The lowest BCUT2D eigenvalue weighted by Gasteiger charge is -2.02. The van der Waals surface area contributed by atoms with Gasteiger partial charge in [0.15, 0.2) is 0 Å². The first-order valence-corrected chi connectivity index (χ1v) is 4.39. The summed E-state index contributed by atoms with van der Waals surface area (Å²) in [6.07, 6.45) is 1.36. The van der Waals surface area contributed by atoms with E-state index in [4.69, 9.17) is 16.3 Å². The van der Waals surface area contributed by atoms with Crippen LogP contribution in [-0.4, -0.2) is 27.3 Å². The van der Waals surface area contributed by atoms with Crippen LogP contribution in [-0.2, 0) is 22.0 Å². The molecule has 1 heterocycles. The quantitative estimate of drug-likeness (QED) is 0.531. The van der Waals surface area contributed by atoms with Gasteiger partial charge in [-0.25, -0.2) is 9.67 Å². The molecule has 0 amide bonds. The zero-order valence-electron chi connectivity index (χ0n) is 7.23. The minimum atomic E-state index is -0.334. The summed E-state index contributed by atoms with van der Waals surface area (Å²) in [5, 5.41) is 3.83. The lowest BCUT2D eigenvalue weighted by molar-refractivity contribution is -0.144. The van der Waals surface area contributed by atoms with Crippen molar-refractivity contribution in [3.8, 4) is 0 Å². The Kier molecular flexibility index (Phi) is 3.70. The molecule has 0 N–H and O–H groups in total. The first-order chi connectivity index (χ1) is 6.27. The molecule has 13 heavy (non-hydrogen) atoms. The summed E-state index contributed by atoms with van der Waals surface area (Å²) in [5.74, 6) is 0.466. The molecule has 1 rings (SSSR count). The monoisotopic (exact) mass is 203 g/mol. The molecule has 72 valence electrons. The maximum absolute atomic E-state index is 11.0. The molecule has 0 aliphatic heterocycles. The van der Waals surface area contributed by atoms with Gasteiger partial charge < -0.3 is 4.74 Å². The van der Waals surface area contributed by atoms with Crippen LogP contribution in [0.5, 0.6) is 0 Å². The normalized spacial score (nSPS) is 10.0. The maximum atomic E-state index is 11.0. The van der Waals surface area contributed by atoms with E-state index in [9.17, 15) is 4.79 Å². The van der Waals surface area contributed by atoms with Crippen LogP contribution in [0.4, 0.5) is 0 Å². The number of carbonyl (C=O) groups is 1. The highest BCUT2D eigenvalue weighted by atomic mass is 35.5. The molecule has 1 aromatic heterocycles. The van der Waals surface area contributed by atoms with Crippen LogP contribution in [0, 0.1) is 0 Å². The lowest BCUT2D eigenvalue weighted by Crippen LogP contribution is -2.16. The predicted octanol–water partition coefficient (Wildman–Crippen LogP) is 0.580. The number of ether oxygens (including phenoxy) is 1. The fourth-order valence-electron chi connectivity index (χ4n) is 0.853. The second-order valence-electron chi connectivity index (χ2n) is 2.27. The second-order valence-corrected chi connectivity index (χ2v) is 2.54. The minimum absolute atomic E-state index is 0.0654. The van der Waals surface area contributed by atoms with Gasteiger partial charge in [0.05, 0.1) is 12.5 Å². The summed E-state index contributed by atoms with van der Waals surface area (Å²) in [6, 6.07) is 0. The number of halogens is 1. The zero-order chi connectivity index (χ0) is 9.68. The van der Waals surface area contributed by atoms with E-state index in [1.54, 1.807) is 6.92 Å². The summed E-state index contributed by atoms with van der Waals surface area (Å²) >= 11 is 5.56. The molecule has 0 aromatic carbocycles. The summed E-state index contributed by atoms with van der Waals surface area (Å²) < 4.78 is 6.17. The number of esters is 1. The third-order valence-electron chi connectivity index (χ3n) is 1.40. The Bertz CT molecular complexity index is 287. The van der Waals surface area contributed by atoms with Crippen LogP contribution in [0.25, 0.3) is 0 Å². The van der Waals surface area contributed by atoms with Crippen molar-refractivity contribution in [3.63, 3.8) is 0 Å². The highest BCUT2D eigenvalue weighted by Gasteiger charge is 2.08. The van der Waals surface area contributed by atoms with Crippen molar-refractivity contribution in [3.05, 3.63) is 12.2 Å². The first-order valence-electron chi connectivity index (χ1n) is 3.86. The average molecular weight is 204 g/mol. The number of alkyl halides is 1. The van der Waals surface area contributed by atoms with Crippen LogP contribution in [0.1, 0.15) is 12.7 Å². The van der Waals surface area contributed by atoms with Crippen molar-refractivity contribution in [1.29, 1.82) is 0 Å². The molecule has 5 nitrogen and oxygen atoms in total. The summed E-state index contributed by atoms with van der Waals surface area (Å²) in [7, 11) is 0. The Balaban J connectivity index is 2.57. The summed E-state index contributed by atoms with van der Waals surface area (Å²) in [6.45, 7) is 2.18. The number of aromatic nitrogens is 3. The largest absolute Gasteiger partial charge is 0.465 e. The van der Waals surface area contributed by atoms with Gasteiger partial charge in [0.25, 0.3) is 0 Å². The standard InChI is InChI=1S/C7H10ClN3O2/c1-2-13-7(12)4-11-6(3-8)9-5-10-11/h5H,2-4H2,1H3. The van der Waals surface area contributed by atoms with Crippen molar-refractivity contribution in [2.24, 2.45) is 0 Å². The highest BCUT2D eigenvalue weighted by Crippen LogP contribution is 1.98. The van der Waals surface area contributed by atoms with Crippen molar-refractivity contribution >= 4 is 17.6 Å². The number of hydrogen-bond acceptors (Lipinski definition) is 4. The van der Waals surface area contributed by atoms with Gasteiger partial charge >= 0.3 is 5.97 Å². The van der Waals surface area contributed by atoms with Gasteiger partial charge in [-0.2, -0.15) is 5.10 Å². The maximum Gasteiger partial charge on any atom is 0.327 e. The minimum Gasteiger partial charge on any atom is -0.465 e. The molecule has 0 bridgehead atoms. The van der Waals surface area contributed by atoms with Crippen LogP contribution >= 0.6 is 11.6 Å². The Hall–Kier alpha value is -1.10. The molecule has 0 aliphatic carbocycles. The molecule has 1 aromatic rings. The molecular formula is C7H10ClN3O2. The Labute approximate surface area is 80.7 Å². The van der Waals surface area contributed by atoms with Gasteiger partial charge in [-0.05, 0) is 6.92 Å². The van der Waals surface area contributed by atoms with E-state index in [1.807, 2.05) is 0 Å². The van der Waals surface area contributed by atoms with Crippen LogP contribution < -0.4 is 0 Å². The molecular weight excluding hydrogens is 194 g/mol. The predicted molar refractivity (Wildman–Crippen MR) is 46.2 cm³/mol. The van der Waals surface area contributed by atoms with E-state index in [0.717, 1.165) is 0 Å². The topological polar surface area (TPSA) is 57.0 Å². The smallest absolute Gasteiger partial charge is 0.327 e. The number of hydrogen-bond donors (Lipinski definition) is 0. The van der Waals surface area contributed by atoms with Crippen LogP contribution in [0.3, 0.4) is 0 Å². The van der Waals surface area contributed by atoms with E-state index in [0.29, 0.717) is 12.4 Å². The van der Waals surface area contributed by atoms with Crippen LogP contribution in [0.15, 0.2) is 6.33 Å². The number of rotatable bonds is 4. The molecule has 0 atom stereocenters. The fourth-order valence-corrected chi connectivity index (χ4v) is 1.06. The lowest BCUT2D eigenvalue weighted by atomic mass is 10.6. The van der Waals surface area contributed by atoms with Gasteiger partial charge in [0.2, 0.25) is 0 Å².